The van der Waals surface area contributed by atoms with Gasteiger partial charge in [0.05, 0.1) is 5.02 Å². The van der Waals surface area contributed by atoms with Crippen LogP contribution in [0.2, 0.25) is 5.02 Å². The molecule has 106 valence electrons. The van der Waals surface area contributed by atoms with Crippen LogP contribution >= 0.6 is 11.6 Å². The first-order valence-electron chi connectivity index (χ1n) is 6.10. The Labute approximate surface area is 120 Å². The summed E-state index contributed by atoms with van der Waals surface area (Å²) < 4.78 is 18.6. The number of ether oxygens (including phenoxy) is 1. The maximum Gasteiger partial charge on any atom is 0.226 e. The van der Waals surface area contributed by atoms with Crippen LogP contribution in [0.25, 0.3) is 0 Å². The van der Waals surface area contributed by atoms with Gasteiger partial charge in [0.15, 0.2) is 0 Å². The van der Waals surface area contributed by atoms with Crippen molar-refractivity contribution in [3.8, 4) is 11.6 Å². The fourth-order valence-corrected chi connectivity index (χ4v) is 1.67. The highest BCUT2D eigenvalue weighted by atomic mass is 35.5. The first-order chi connectivity index (χ1) is 9.58. The van der Waals surface area contributed by atoms with E-state index in [1.807, 2.05) is 6.92 Å². The zero-order valence-electron chi connectivity index (χ0n) is 10.9. The third-order valence-electron chi connectivity index (χ3n) is 2.39. The summed E-state index contributed by atoms with van der Waals surface area (Å²) in [4.78, 5) is 7.99. The van der Waals surface area contributed by atoms with E-state index in [-0.39, 0.29) is 16.9 Å². The Morgan fingerprint density at radius 3 is 2.85 bits per heavy atom. The summed E-state index contributed by atoms with van der Waals surface area (Å²) >= 11 is 5.69. The monoisotopic (exact) mass is 296 g/mol. The molecule has 0 aliphatic carbocycles. The number of hydrogen-bond donors (Lipinski definition) is 2. The predicted octanol–water partition coefficient (Wildman–Crippen LogP) is 3.47. The Balaban J connectivity index is 2.19. The summed E-state index contributed by atoms with van der Waals surface area (Å²) in [5.41, 5.74) is 5.61. The van der Waals surface area contributed by atoms with Gasteiger partial charge in [-0.2, -0.15) is 9.97 Å². The van der Waals surface area contributed by atoms with Crippen molar-refractivity contribution >= 4 is 23.4 Å². The van der Waals surface area contributed by atoms with Crippen molar-refractivity contribution < 1.29 is 9.13 Å². The van der Waals surface area contributed by atoms with E-state index in [4.69, 9.17) is 22.1 Å². The number of hydrogen-bond acceptors (Lipinski definition) is 5. The molecule has 1 heterocycles. The molecular weight excluding hydrogens is 283 g/mol. The second-order valence-electron chi connectivity index (χ2n) is 4.05. The van der Waals surface area contributed by atoms with Crippen LogP contribution in [0, 0.1) is 5.82 Å². The molecule has 0 unspecified atom stereocenters. The Bertz CT molecular complexity index is 609. The molecule has 0 radical (unpaired) electrons. The van der Waals surface area contributed by atoms with E-state index in [0.717, 1.165) is 13.0 Å². The van der Waals surface area contributed by atoms with Crippen LogP contribution in [-0.2, 0) is 0 Å². The van der Waals surface area contributed by atoms with Gasteiger partial charge < -0.3 is 15.8 Å². The number of nitrogens with zero attached hydrogens (tertiary/aromatic N) is 2. The second kappa shape index (κ2) is 6.38. The highest BCUT2D eigenvalue weighted by Gasteiger charge is 2.06. The zero-order valence-corrected chi connectivity index (χ0v) is 11.6. The van der Waals surface area contributed by atoms with Crippen LogP contribution in [0.4, 0.5) is 16.2 Å². The molecule has 2 aromatic rings. The lowest BCUT2D eigenvalue weighted by Crippen LogP contribution is -2.05. The van der Waals surface area contributed by atoms with Crippen molar-refractivity contribution in [2.24, 2.45) is 0 Å². The molecule has 0 saturated carbocycles. The summed E-state index contributed by atoms with van der Waals surface area (Å²) in [6, 6.07) is 5.66. The second-order valence-corrected chi connectivity index (χ2v) is 4.46. The van der Waals surface area contributed by atoms with Gasteiger partial charge in [-0.1, -0.05) is 18.5 Å². The van der Waals surface area contributed by atoms with Crippen LogP contribution < -0.4 is 15.8 Å². The largest absolute Gasteiger partial charge is 0.439 e. The first kappa shape index (κ1) is 14.3. The number of benzene rings is 1. The van der Waals surface area contributed by atoms with Gasteiger partial charge in [-0.15, -0.1) is 0 Å². The van der Waals surface area contributed by atoms with Crippen molar-refractivity contribution in [2.75, 3.05) is 17.6 Å². The molecule has 0 atom stereocenters. The summed E-state index contributed by atoms with van der Waals surface area (Å²) in [5.74, 6) is 0.790. The molecular formula is C13H14ClFN4O. The molecule has 20 heavy (non-hydrogen) atoms. The summed E-state index contributed by atoms with van der Waals surface area (Å²) in [6.45, 7) is 2.80. The minimum atomic E-state index is -0.508. The summed E-state index contributed by atoms with van der Waals surface area (Å²) in [7, 11) is 0. The van der Waals surface area contributed by atoms with Gasteiger partial charge in [0, 0.05) is 18.7 Å². The van der Waals surface area contributed by atoms with Gasteiger partial charge in [-0.3, -0.25) is 0 Å². The molecule has 0 fully saturated rings. The lowest BCUT2D eigenvalue weighted by atomic mass is 10.3. The molecule has 0 aliphatic heterocycles. The molecule has 0 amide bonds. The number of nitrogen functional groups attached to an aromatic ring is 1. The minimum Gasteiger partial charge on any atom is -0.439 e. The van der Waals surface area contributed by atoms with Crippen LogP contribution in [0.15, 0.2) is 24.3 Å². The summed E-state index contributed by atoms with van der Waals surface area (Å²) in [6.07, 6.45) is 0.952. The maximum absolute atomic E-state index is 13.1. The zero-order chi connectivity index (χ0) is 14.5. The fraction of sp³-hybridized carbons (Fsp3) is 0.231. The quantitative estimate of drug-likeness (QED) is 0.884. The van der Waals surface area contributed by atoms with E-state index in [9.17, 15) is 4.39 Å². The molecule has 0 aliphatic rings. The Hall–Kier alpha value is -2.08. The SMILES string of the molecule is CCCNc1cc(Oc2ccc(F)c(Cl)c2)nc(N)n1. The molecule has 7 heteroatoms. The molecule has 0 saturated heterocycles. The van der Waals surface area contributed by atoms with E-state index >= 15 is 0 Å². The van der Waals surface area contributed by atoms with Gasteiger partial charge in [0.1, 0.15) is 17.4 Å². The Morgan fingerprint density at radius 1 is 1.35 bits per heavy atom. The molecule has 0 spiro atoms. The van der Waals surface area contributed by atoms with Crippen LogP contribution in [0.1, 0.15) is 13.3 Å². The molecule has 1 aromatic heterocycles. The first-order valence-corrected chi connectivity index (χ1v) is 6.47. The Morgan fingerprint density at radius 2 is 2.15 bits per heavy atom. The van der Waals surface area contributed by atoms with Crippen molar-refractivity contribution in [1.29, 1.82) is 0 Å². The molecule has 2 rings (SSSR count). The fourth-order valence-electron chi connectivity index (χ4n) is 1.50. The average molecular weight is 297 g/mol. The van der Waals surface area contributed by atoms with Gasteiger partial charge in [0.2, 0.25) is 11.8 Å². The predicted molar refractivity (Wildman–Crippen MR) is 76.7 cm³/mol. The van der Waals surface area contributed by atoms with Gasteiger partial charge >= 0.3 is 0 Å². The highest BCUT2D eigenvalue weighted by molar-refractivity contribution is 6.30. The Kier molecular flexibility index (Phi) is 4.57. The number of aromatic nitrogens is 2. The molecule has 1 aromatic carbocycles. The van der Waals surface area contributed by atoms with Gasteiger partial charge in [-0.25, -0.2) is 4.39 Å². The highest BCUT2D eigenvalue weighted by Crippen LogP contribution is 2.26. The molecule has 3 N–H and O–H groups in total. The summed E-state index contributed by atoms with van der Waals surface area (Å²) in [5, 5.41) is 3.07. The van der Waals surface area contributed by atoms with Gasteiger partial charge in [-0.05, 0) is 18.6 Å². The van der Waals surface area contributed by atoms with Crippen molar-refractivity contribution in [3.05, 3.63) is 35.1 Å². The average Bonchev–Trinajstić information content (AvgIpc) is 2.40. The van der Waals surface area contributed by atoms with E-state index in [1.54, 1.807) is 6.07 Å². The number of halogens is 2. The number of rotatable bonds is 5. The number of nitrogens with one attached hydrogen (secondary N) is 1. The van der Waals surface area contributed by atoms with Crippen LogP contribution in [0.5, 0.6) is 11.6 Å². The third kappa shape index (κ3) is 3.71. The van der Waals surface area contributed by atoms with E-state index in [1.165, 1.54) is 18.2 Å². The standard InChI is InChI=1S/C13H14ClFN4O/c1-2-5-17-11-7-12(19-13(16)18-11)20-8-3-4-10(15)9(14)6-8/h3-4,6-7H,2,5H2,1H3,(H3,16,17,18,19). The smallest absolute Gasteiger partial charge is 0.226 e. The normalized spacial score (nSPS) is 10.3. The molecule has 5 nitrogen and oxygen atoms in total. The molecule has 0 bridgehead atoms. The topological polar surface area (TPSA) is 73.1 Å². The lowest BCUT2D eigenvalue weighted by Gasteiger charge is -2.09. The van der Waals surface area contributed by atoms with E-state index in [0.29, 0.717) is 11.6 Å². The minimum absolute atomic E-state index is 0.0196. The van der Waals surface area contributed by atoms with Crippen LogP contribution in [-0.4, -0.2) is 16.5 Å². The maximum atomic E-state index is 13.1. The van der Waals surface area contributed by atoms with E-state index < -0.39 is 5.82 Å². The van der Waals surface area contributed by atoms with E-state index in [2.05, 4.69) is 15.3 Å². The van der Waals surface area contributed by atoms with Crippen molar-refractivity contribution in [3.63, 3.8) is 0 Å². The number of nitrogens with two attached hydrogens (primary N) is 1. The van der Waals surface area contributed by atoms with Crippen LogP contribution in [0.3, 0.4) is 0 Å². The number of anilines is 2. The third-order valence-corrected chi connectivity index (χ3v) is 2.68. The van der Waals surface area contributed by atoms with Crippen molar-refractivity contribution in [2.45, 2.75) is 13.3 Å². The lowest BCUT2D eigenvalue weighted by molar-refractivity contribution is 0.461. The van der Waals surface area contributed by atoms with Gasteiger partial charge in [0.25, 0.3) is 0 Å². The van der Waals surface area contributed by atoms with Crippen molar-refractivity contribution in [1.82, 2.24) is 9.97 Å².